The van der Waals surface area contributed by atoms with Crippen LogP contribution >= 0.6 is 0 Å². The maximum absolute atomic E-state index is 13.4. The van der Waals surface area contributed by atoms with Crippen molar-refractivity contribution in [3.05, 3.63) is 94.1 Å². The fourth-order valence-electron chi connectivity index (χ4n) is 3.96. The van der Waals surface area contributed by atoms with Crippen molar-refractivity contribution in [2.75, 3.05) is 6.54 Å². The van der Waals surface area contributed by atoms with Gasteiger partial charge >= 0.3 is 0 Å². The van der Waals surface area contributed by atoms with Gasteiger partial charge in [-0.15, -0.1) is 0 Å². The monoisotopic (exact) mass is 398 g/mol. The fourth-order valence-corrected chi connectivity index (χ4v) is 3.96. The maximum Gasteiger partial charge on any atom is 0.242 e. The van der Waals surface area contributed by atoms with Crippen molar-refractivity contribution in [1.82, 2.24) is 9.47 Å². The Morgan fingerprint density at radius 2 is 1.43 bits per heavy atom. The maximum atomic E-state index is 13.4. The molecule has 152 valence electrons. The van der Waals surface area contributed by atoms with Gasteiger partial charge in [-0.05, 0) is 43.2 Å². The van der Waals surface area contributed by atoms with Crippen LogP contribution < -0.4 is 5.43 Å². The van der Waals surface area contributed by atoms with Crippen molar-refractivity contribution in [1.29, 1.82) is 0 Å². The van der Waals surface area contributed by atoms with Gasteiger partial charge in [0.05, 0.1) is 11.0 Å². The summed E-state index contributed by atoms with van der Waals surface area (Å²) >= 11 is 0. The van der Waals surface area contributed by atoms with Crippen molar-refractivity contribution in [2.24, 2.45) is 0 Å². The van der Waals surface area contributed by atoms with Gasteiger partial charge in [-0.2, -0.15) is 0 Å². The van der Waals surface area contributed by atoms with Crippen LogP contribution in [0, 0.1) is 6.92 Å². The minimum Gasteiger partial charge on any atom is -0.337 e. The highest BCUT2D eigenvalue weighted by Gasteiger charge is 2.17. The number of amides is 1. The van der Waals surface area contributed by atoms with Crippen LogP contribution in [0.3, 0.4) is 0 Å². The molecule has 0 N–H and O–H groups in total. The molecule has 4 heteroatoms. The van der Waals surface area contributed by atoms with Crippen molar-refractivity contribution >= 4 is 27.7 Å². The number of hydrogen-bond donors (Lipinski definition) is 0. The SMILES string of the molecule is CCCN(Cc1ccc(C)cc1)C(=O)Cn1c2ccccc2c(=O)c2ccccc21. The summed E-state index contributed by atoms with van der Waals surface area (Å²) in [5, 5.41) is 1.29. The van der Waals surface area contributed by atoms with Gasteiger partial charge in [-0.3, -0.25) is 9.59 Å². The van der Waals surface area contributed by atoms with E-state index < -0.39 is 0 Å². The first-order valence-electron chi connectivity index (χ1n) is 10.4. The van der Waals surface area contributed by atoms with Gasteiger partial charge in [0.25, 0.3) is 0 Å². The molecular weight excluding hydrogens is 372 g/mol. The molecule has 1 amide bonds. The highest BCUT2D eigenvalue weighted by molar-refractivity contribution is 5.94. The van der Waals surface area contributed by atoms with E-state index in [1.807, 2.05) is 58.0 Å². The zero-order valence-electron chi connectivity index (χ0n) is 17.5. The summed E-state index contributed by atoms with van der Waals surface area (Å²) in [6, 6.07) is 23.4. The Morgan fingerprint density at radius 3 is 2.00 bits per heavy atom. The molecule has 0 bridgehead atoms. The Labute approximate surface area is 176 Å². The van der Waals surface area contributed by atoms with Gasteiger partial charge in [0.15, 0.2) is 5.43 Å². The third-order valence-electron chi connectivity index (χ3n) is 5.51. The van der Waals surface area contributed by atoms with Crippen molar-refractivity contribution in [2.45, 2.75) is 33.4 Å². The minimum atomic E-state index is 0.00923. The molecule has 1 aromatic heterocycles. The first-order valence-corrected chi connectivity index (χ1v) is 10.4. The lowest BCUT2D eigenvalue weighted by molar-refractivity contribution is -0.132. The number of pyridine rings is 1. The lowest BCUT2D eigenvalue weighted by atomic mass is 10.1. The van der Waals surface area contributed by atoms with Gasteiger partial charge in [-0.25, -0.2) is 0 Å². The molecule has 3 aromatic carbocycles. The second-order valence-corrected chi connectivity index (χ2v) is 7.75. The number of para-hydroxylation sites is 2. The van der Waals surface area contributed by atoms with E-state index in [2.05, 4.69) is 38.1 Å². The molecule has 0 aliphatic carbocycles. The van der Waals surface area contributed by atoms with E-state index in [4.69, 9.17) is 0 Å². The highest BCUT2D eigenvalue weighted by Crippen LogP contribution is 2.20. The molecular formula is C26H26N2O2. The Morgan fingerprint density at radius 1 is 0.867 bits per heavy atom. The first-order chi connectivity index (χ1) is 14.6. The summed E-state index contributed by atoms with van der Waals surface area (Å²) in [6.07, 6.45) is 0.892. The number of aryl methyl sites for hydroxylation is 1. The molecule has 0 aliphatic rings. The van der Waals surface area contributed by atoms with Gasteiger partial charge in [0.2, 0.25) is 5.91 Å². The van der Waals surface area contributed by atoms with E-state index in [9.17, 15) is 9.59 Å². The first kappa shape index (κ1) is 19.9. The molecule has 0 aliphatic heterocycles. The third-order valence-corrected chi connectivity index (χ3v) is 5.51. The van der Waals surface area contributed by atoms with E-state index in [0.717, 1.165) is 23.0 Å². The van der Waals surface area contributed by atoms with E-state index in [1.54, 1.807) is 0 Å². The normalized spacial score (nSPS) is 11.1. The van der Waals surface area contributed by atoms with Crippen LogP contribution in [0.25, 0.3) is 21.8 Å². The Bertz CT molecular complexity index is 1200. The Kier molecular flexibility index (Phi) is 5.66. The molecule has 0 atom stereocenters. The topological polar surface area (TPSA) is 42.3 Å². The van der Waals surface area contributed by atoms with Gasteiger partial charge in [0, 0.05) is 23.9 Å². The summed E-state index contributed by atoms with van der Waals surface area (Å²) in [5.41, 5.74) is 3.92. The number of rotatable bonds is 6. The van der Waals surface area contributed by atoms with Gasteiger partial charge < -0.3 is 9.47 Å². The summed E-state index contributed by atoms with van der Waals surface area (Å²) in [6.45, 7) is 5.63. The van der Waals surface area contributed by atoms with Crippen molar-refractivity contribution < 1.29 is 4.79 Å². The van der Waals surface area contributed by atoms with Crippen LogP contribution in [0.5, 0.6) is 0 Å². The van der Waals surface area contributed by atoms with Gasteiger partial charge in [-0.1, -0.05) is 61.0 Å². The summed E-state index contributed by atoms with van der Waals surface area (Å²) in [5.74, 6) is 0.0522. The predicted octanol–water partition coefficient (Wildman–Crippen LogP) is 4.90. The van der Waals surface area contributed by atoms with Crippen molar-refractivity contribution in [3.8, 4) is 0 Å². The highest BCUT2D eigenvalue weighted by atomic mass is 16.2. The van der Waals surface area contributed by atoms with Crippen LogP contribution in [0.1, 0.15) is 24.5 Å². The molecule has 0 spiro atoms. The molecule has 0 fully saturated rings. The second kappa shape index (κ2) is 8.54. The van der Waals surface area contributed by atoms with Crippen molar-refractivity contribution in [3.63, 3.8) is 0 Å². The smallest absolute Gasteiger partial charge is 0.242 e. The standard InChI is InChI=1S/C26H26N2O2/c1-3-16-27(17-20-14-12-19(2)13-15-20)25(29)18-28-23-10-6-4-8-21(23)26(30)22-9-5-7-11-24(22)28/h4-15H,3,16-18H2,1-2H3. The Hall–Kier alpha value is -3.40. The average Bonchev–Trinajstić information content (AvgIpc) is 2.77. The molecule has 0 radical (unpaired) electrons. The van der Waals surface area contributed by atoms with E-state index in [0.29, 0.717) is 23.9 Å². The van der Waals surface area contributed by atoms with Crippen LogP contribution in [-0.4, -0.2) is 21.9 Å². The summed E-state index contributed by atoms with van der Waals surface area (Å²) in [4.78, 5) is 28.2. The van der Waals surface area contributed by atoms with Crippen LogP contribution in [-0.2, 0) is 17.9 Å². The number of hydrogen-bond acceptors (Lipinski definition) is 2. The van der Waals surface area contributed by atoms with Gasteiger partial charge in [0.1, 0.15) is 6.54 Å². The zero-order chi connectivity index (χ0) is 21.1. The lowest BCUT2D eigenvalue weighted by Crippen LogP contribution is -2.34. The van der Waals surface area contributed by atoms with E-state index >= 15 is 0 Å². The minimum absolute atomic E-state index is 0.00923. The average molecular weight is 399 g/mol. The second-order valence-electron chi connectivity index (χ2n) is 7.75. The quantitative estimate of drug-likeness (QED) is 0.434. The fraction of sp³-hybridized carbons (Fsp3) is 0.231. The summed E-state index contributed by atoms with van der Waals surface area (Å²) < 4.78 is 1.98. The molecule has 4 nitrogen and oxygen atoms in total. The molecule has 4 rings (SSSR count). The molecule has 4 aromatic rings. The summed E-state index contributed by atoms with van der Waals surface area (Å²) in [7, 11) is 0. The van der Waals surface area contributed by atoms with E-state index in [-0.39, 0.29) is 17.9 Å². The van der Waals surface area contributed by atoms with Crippen LogP contribution in [0.15, 0.2) is 77.6 Å². The molecule has 1 heterocycles. The largest absolute Gasteiger partial charge is 0.337 e. The molecule has 0 saturated heterocycles. The zero-order valence-corrected chi connectivity index (χ0v) is 17.5. The number of fused-ring (bicyclic) bond motifs is 2. The lowest BCUT2D eigenvalue weighted by Gasteiger charge is -2.24. The number of carbonyl (C=O) groups is 1. The van der Waals surface area contributed by atoms with E-state index in [1.165, 1.54) is 5.56 Å². The number of benzene rings is 3. The predicted molar refractivity (Wildman–Crippen MR) is 123 cm³/mol. The molecule has 30 heavy (non-hydrogen) atoms. The van der Waals surface area contributed by atoms with Crippen LogP contribution in [0.4, 0.5) is 0 Å². The number of carbonyl (C=O) groups excluding carboxylic acids is 1. The molecule has 0 unspecified atom stereocenters. The number of aromatic nitrogens is 1. The third kappa shape index (κ3) is 3.86. The molecule has 0 saturated carbocycles. The Balaban J connectivity index is 1.74. The van der Waals surface area contributed by atoms with Crippen LogP contribution in [0.2, 0.25) is 0 Å². The number of nitrogens with zero attached hydrogens (tertiary/aromatic N) is 2.